The molecule has 0 saturated carbocycles. The van der Waals surface area contributed by atoms with Gasteiger partial charge >= 0.3 is 0 Å². The highest BCUT2D eigenvalue weighted by atomic mass is 16.5. The first kappa shape index (κ1) is 15.6. The second-order valence-electron chi connectivity index (χ2n) is 5.15. The van der Waals surface area contributed by atoms with Crippen molar-refractivity contribution >= 4 is 0 Å². The van der Waals surface area contributed by atoms with E-state index in [0.717, 1.165) is 31.0 Å². The van der Waals surface area contributed by atoms with Crippen LogP contribution < -0.4 is 10.1 Å². The average molecular weight is 287 g/mol. The van der Waals surface area contributed by atoms with Crippen LogP contribution in [-0.2, 0) is 13.0 Å². The molecule has 1 N–H and O–H groups in total. The molecule has 1 atom stereocenters. The monoisotopic (exact) mass is 287 g/mol. The standard InChI is InChI=1S/C17H25N3O/c1-5-18-15(11-14-10-8-7-9-13(14)3)17-16(21-4)12-19-20(17)6-2/h7-10,12,15,18H,5-6,11H2,1-4H3. The average Bonchev–Trinajstić information content (AvgIpc) is 2.91. The zero-order valence-corrected chi connectivity index (χ0v) is 13.4. The highest BCUT2D eigenvalue weighted by molar-refractivity contribution is 5.32. The minimum absolute atomic E-state index is 0.202. The normalized spacial score (nSPS) is 12.4. The number of hydrogen-bond donors (Lipinski definition) is 1. The van der Waals surface area contributed by atoms with Crippen molar-refractivity contribution in [2.75, 3.05) is 13.7 Å². The lowest BCUT2D eigenvalue weighted by atomic mass is 9.98. The van der Waals surface area contributed by atoms with Gasteiger partial charge in [-0.1, -0.05) is 31.2 Å². The van der Waals surface area contributed by atoms with Gasteiger partial charge < -0.3 is 10.1 Å². The predicted molar refractivity (Wildman–Crippen MR) is 85.8 cm³/mol. The van der Waals surface area contributed by atoms with Crippen LogP contribution in [0.2, 0.25) is 0 Å². The van der Waals surface area contributed by atoms with Gasteiger partial charge in [-0.2, -0.15) is 5.10 Å². The van der Waals surface area contributed by atoms with Crippen molar-refractivity contribution in [1.82, 2.24) is 15.1 Å². The van der Waals surface area contributed by atoms with Crippen LogP contribution in [0.25, 0.3) is 0 Å². The molecule has 1 aromatic carbocycles. The van der Waals surface area contributed by atoms with Gasteiger partial charge in [0.15, 0.2) is 5.75 Å². The lowest BCUT2D eigenvalue weighted by Crippen LogP contribution is -2.26. The van der Waals surface area contributed by atoms with Gasteiger partial charge in [0.2, 0.25) is 0 Å². The number of likely N-dealkylation sites (N-methyl/N-ethyl adjacent to an activating group) is 1. The quantitative estimate of drug-likeness (QED) is 0.850. The summed E-state index contributed by atoms with van der Waals surface area (Å²) in [5, 5.41) is 7.99. The summed E-state index contributed by atoms with van der Waals surface area (Å²) >= 11 is 0. The summed E-state index contributed by atoms with van der Waals surface area (Å²) in [5.41, 5.74) is 3.81. The van der Waals surface area contributed by atoms with Crippen molar-refractivity contribution in [3.8, 4) is 5.75 Å². The Hall–Kier alpha value is -1.81. The molecule has 1 heterocycles. The van der Waals surface area contributed by atoms with Gasteiger partial charge in [-0.25, -0.2) is 0 Å². The van der Waals surface area contributed by atoms with E-state index in [1.165, 1.54) is 11.1 Å². The van der Waals surface area contributed by atoms with E-state index in [1.807, 2.05) is 4.68 Å². The summed E-state index contributed by atoms with van der Waals surface area (Å²) in [6, 6.07) is 8.73. The van der Waals surface area contributed by atoms with Gasteiger partial charge in [-0.15, -0.1) is 0 Å². The van der Waals surface area contributed by atoms with Crippen molar-refractivity contribution in [3.63, 3.8) is 0 Å². The highest BCUT2D eigenvalue weighted by Crippen LogP contribution is 2.28. The Labute approximate surface area is 127 Å². The molecule has 0 aliphatic rings. The summed E-state index contributed by atoms with van der Waals surface area (Å²) in [6.45, 7) is 8.15. The van der Waals surface area contributed by atoms with E-state index >= 15 is 0 Å². The van der Waals surface area contributed by atoms with E-state index in [2.05, 4.69) is 55.5 Å². The summed E-state index contributed by atoms with van der Waals surface area (Å²) in [7, 11) is 1.71. The Morgan fingerprint density at radius 1 is 1.29 bits per heavy atom. The van der Waals surface area contributed by atoms with E-state index in [4.69, 9.17) is 4.74 Å². The van der Waals surface area contributed by atoms with Crippen LogP contribution in [0.5, 0.6) is 5.75 Å². The molecular weight excluding hydrogens is 262 g/mol. The van der Waals surface area contributed by atoms with Crippen LogP contribution in [0.4, 0.5) is 0 Å². The van der Waals surface area contributed by atoms with E-state index in [0.29, 0.717) is 0 Å². The van der Waals surface area contributed by atoms with Gasteiger partial charge in [0.1, 0.15) is 0 Å². The van der Waals surface area contributed by atoms with Gasteiger partial charge in [-0.05, 0) is 37.9 Å². The molecule has 4 nitrogen and oxygen atoms in total. The van der Waals surface area contributed by atoms with Crippen LogP contribution in [0.1, 0.15) is 36.7 Å². The number of nitrogens with zero attached hydrogens (tertiary/aromatic N) is 2. The fourth-order valence-electron chi connectivity index (χ4n) is 2.71. The molecule has 0 radical (unpaired) electrons. The molecule has 0 saturated heterocycles. The van der Waals surface area contributed by atoms with Crippen molar-refractivity contribution in [3.05, 3.63) is 47.3 Å². The van der Waals surface area contributed by atoms with E-state index in [9.17, 15) is 0 Å². The number of nitrogens with one attached hydrogen (secondary N) is 1. The topological polar surface area (TPSA) is 39.1 Å². The minimum atomic E-state index is 0.202. The molecule has 114 valence electrons. The van der Waals surface area contributed by atoms with Crippen LogP contribution in [0, 0.1) is 6.92 Å². The van der Waals surface area contributed by atoms with Gasteiger partial charge in [0.25, 0.3) is 0 Å². The first-order chi connectivity index (χ1) is 10.2. The molecule has 4 heteroatoms. The molecule has 0 aliphatic heterocycles. The number of aryl methyl sites for hydroxylation is 2. The number of rotatable bonds is 7. The maximum atomic E-state index is 5.50. The third-order valence-electron chi connectivity index (χ3n) is 3.83. The fourth-order valence-corrected chi connectivity index (χ4v) is 2.71. The van der Waals surface area contributed by atoms with Crippen LogP contribution in [0.15, 0.2) is 30.5 Å². The molecule has 0 bridgehead atoms. The van der Waals surface area contributed by atoms with Crippen LogP contribution >= 0.6 is 0 Å². The molecule has 0 fully saturated rings. The number of ether oxygens (including phenoxy) is 1. The molecule has 21 heavy (non-hydrogen) atoms. The zero-order valence-electron chi connectivity index (χ0n) is 13.4. The molecule has 2 aromatic rings. The molecule has 2 rings (SSSR count). The smallest absolute Gasteiger partial charge is 0.161 e. The molecule has 1 unspecified atom stereocenters. The zero-order chi connectivity index (χ0) is 15.2. The SMILES string of the molecule is CCNC(Cc1ccccc1C)c1c(OC)cnn1CC. The van der Waals surface area contributed by atoms with Crippen LogP contribution in [0.3, 0.4) is 0 Å². The Balaban J connectivity index is 2.35. The number of methoxy groups -OCH3 is 1. The number of benzene rings is 1. The van der Waals surface area contributed by atoms with Crippen molar-refractivity contribution < 1.29 is 4.74 Å². The summed E-state index contributed by atoms with van der Waals surface area (Å²) in [4.78, 5) is 0. The minimum Gasteiger partial charge on any atom is -0.493 e. The number of aromatic nitrogens is 2. The molecule has 0 aliphatic carbocycles. The lowest BCUT2D eigenvalue weighted by Gasteiger charge is -2.21. The highest BCUT2D eigenvalue weighted by Gasteiger charge is 2.21. The third-order valence-corrected chi connectivity index (χ3v) is 3.83. The van der Waals surface area contributed by atoms with E-state index in [-0.39, 0.29) is 6.04 Å². The molecular formula is C17H25N3O. The van der Waals surface area contributed by atoms with Gasteiger partial charge in [-0.3, -0.25) is 4.68 Å². The Morgan fingerprint density at radius 2 is 2.05 bits per heavy atom. The first-order valence-corrected chi connectivity index (χ1v) is 7.58. The van der Waals surface area contributed by atoms with Crippen molar-refractivity contribution in [1.29, 1.82) is 0 Å². The summed E-state index contributed by atoms with van der Waals surface area (Å²) < 4.78 is 7.52. The largest absolute Gasteiger partial charge is 0.493 e. The second kappa shape index (κ2) is 7.27. The summed E-state index contributed by atoms with van der Waals surface area (Å²) in [5.74, 6) is 0.858. The first-order valence-electron chi connectivity index (χ1n) is 7.58. The Morgan fingerprint density at radius 3 is 2.67 bits per heavy atom. The van der Waals surface area contributed by atoms with Crippen molar-refractivity contribution in [2.24, 2.45) is 0 Å². The second-order valence-corrected chi connectivity index (χ2v) is 5.15. The maximum Gasteiger partial charge on any atom is 0.161 e. The Kier molecular flexibility index (Phi) is 5.39. The van der Waals surface area contributed by atoms with E-state index < -0.39 is 0 Å². The fraction of sp³-hybridized carbons (Fsp3) is 0.471. The predicted octanol–water partition coefficient (Wildman–Crippen LogP) is 3.11. The van der Waals surface area contributed by atoms with Gasteiger partial charge in [0, 0.05) is 6.54 Å². The third kappa shape index (κ3) is 3.45. The summed E-state index contributed by atoms with van der Waals surface area (Å²) in [6.07, 6.45) is 2.74. The van der Waals surface area contributed by atoms with Crippen LogP contribution in [-0.4, -0.2) is 23.4 Å². The molecule has 0 spiro atoms. The van der Waals surface area contributed by atoms with Crippen molar-refractivity contribution in [2.45, 2.75) is 39.8 Å². The maximum absolute atomic E-state index is 5.50. The molecule has 0 amide bonds. The van der Waals surface area contributed by atoms with Gasteiger partial charge in [0.05, 0.1) is 25.0 Å². The van der Waals surface area contributed by atoms with E-state index in [1.54, 1.807) is 13.3 Å². The molecule has 1 aromatic heterocycles. The Bertz CT molecular complexity index is 556. The number of hydrogen-bond acceptors (Lipinski definition) is 3. The lowest BCUT2D eigenvalue weighted by molar-refractivity contribution is 0.391.